The Bertz CT molecular complexity index is 876. The summed E-state index contributed by atoms with van der Waals surface area (Å²) in [7, 11) is 1.55. The second-order valence-corrected chi connectivity index (χ2v) is 6.17. The van der Waals surface area contributed by atoms with Crippen LogP contribution in [0, 0.1) is 22.7 Å². The van der Waals surface area contributed by atoms with Gasteiger partial charge in [0.2, 0.25) is 0 Å². The fraction of sp³-hybridized carbons (Fsp3) is 0.278. The van der Waals surface area contributed by atoms with Gasteiger partial charge in [0.1, 0.15) is 23.5 Å². The van der Waals surface area contributed by atoms with Crippen LogP contribution in [0.5, 0.6) is 5.75 Å². The molecule has 0 aliphatic carbocycles. The van der Waals surface area contributed by atoms with Gasteiger partial charge in [0.15, 0.2) is 0 Å². The number of benzene rings is 1. The lowest BCUT2D eigenvalue weighted by atomic mass is 9.89. The van der Waals surface area contributed by atoms with Crippen LogP contribution in [0.25, 0.3) is 11.1 Å². The molecule has 0 atom stereocenters. The number of hydrogen-bond acceptors (Lipinski definition) is 4. The molecule has 2 heterocycles. The van der Waals surface area contributed by atoms with Crippen molar-refractivity contribution >= 4 is 22.7 Å². The summed E-state index contributed by atoms with van der Waals surface area (Å²) in [5, 5.41) is 18.5. The Kier molecular flexibility index (Phi) is 3.05. The van der Waals surface area contributed by atoms with Crippen molar-refractivity contribution in [1.29, 1.82) is 10.5 Å². The van der Waals surface area contributed by atoms with Gasteiger partial charge in [-0.25, -0.2) is 0 Å². The Hall–Kier alpha value is -3.05. The molecule has 0 fully saturated rings. The lowest BCUT2D eigenvalue weighted by Gasteiger charge is -2.38. The average molecular weight is 305 g/mol. The summed E-state index contributed by atoms with van der Waals surface area (Å²) < 4.78 is 5.33. The first-order chi connectivity index (χ1) is 10.9. The van der Waals surface area contributed by atoms with Crippen molar-refractivity contribution in [1.82, 2.24) is 0 Å². The van der Waals surface area contributed by atoms with Crippen LogP contribution in [0.3, 0.4) is 0 Å². The molecule has 0 saturated carbocycles. The van der Waals surface area contributed by atoms with Crippen LogP contribution in [0.15, 0.2) is 23.8 Å². The van der Waals surface area contributed by atoms with E-state index in [0.29, 0.717) is 11.3 Å². The van der Waals surface area contributed by atoms with Gasteiger partial charge in [0, 0.05) is 11.1 Å². The summed E-state index contributed by atoms with van der Waals surface area (Å²) in [6.45, 7) is 5.86. The first-order valence-corrected chi connectivity index (χ1v) is 7.17. The SMILES string of the molecule is COc1cc2c3c(c1)C(=C(C#N)C#N)C(=O)N3C(C)(C)C=C2C. The molecule has 2 aliphatic heterocycles. The van der Waals surface area contributed by atoms with Crippen molar-refractivity contribution in [3.63, 3.8) is 0 Å². The van der Waals surface area contributed by atoms with E-state index in [2.05, 4.69) is 0 Å². The minimum absolute atomic E-state index is 0.154. The standard InChI is InChI=1S/C18H15N3O2/c1-10-7-18(2,3)21-16-13(10)5-12(23-4)6-14(16)15(17(21)22)11(8-19)9-20/h5-7H,1-4H3. The molecule has 0 unspecified atom stereocenters. The molecular formula is C18H15N3O2. The smallest absolute Gasteiger partial charge is 0.261 e. The van der Waals surface area contributed by atoms with E-state index in [-0.39, 0.29) is 17.1 Å². The highest BCUT2D eigenvalue weighted by molar-refractivity contribution is 6.36. The fourth-order valence-electron chi connectivity index (χ4n) is 3.39. The molecule has 1 amide bonds. The lowest BCUT2D eigenvalue weighted by Crippen LogP contribution is -2.46. The zero-order valence-electron chi connectivity index (χ0n) is 13.4. The first kappa shape index (κ1) is 14.9. The normalized spacial score (nSPS) is 17.1. The zero-order valence-corrected chi connectivity index (χ0v) is 13.4. The Morgan fingerprint density at radius 1 is 1.22 bits per heavy atom. The second kappa shape index (κ2) is 4.72. The van der Waals surface area contributed by atoms with Crippen LogP contribution in [0.2, 0.25) is 0 Å². The van der Waals surface area contributed by atoms with Crippen molar-refractivity contribution in [2.75, 3.05) is 12.0 Å². The van der Waals surface area contributed by atoms with E-state index in [9.17, 15) is 15.3 Å². The molecule has 0 aromatic heterocycles. The van der Waals surface area contributed by atoms with E-state index in [1.54, 1.807) is 18.1 Å². The Balaban J connectivity index is 2.47. The molecule has 23 heavy (non-hydrogen) atoms. The van der Waals surface area contributed by atoms with Gasteiger partial charge < -0.3 is 4.74 Å². The van der Waals surface area contributed by atoms with E-state index < -0.39 is 5.54 Å². The van der Waals surface area contributed by atoms with E-state index >= 15 is 0 Å². The molecule has 0 saturated heterocycles. The first-order valence-electron chi connectivity index (χ1n) is 7.17. The lowest BCUT2D eigenvalue weighted by molar-refractivity contribution is -0.113. The third-order valence-electron chi connectivity index (χ3n) is 4.27. The number of amides is 1. The van der Waals surface area contributed by atoms with Gasteiger partial charge in [-0.05, 0) is 38.5 Å². The monoisotopic (exact) mass is 305 g/mol. The third kappa shape index (κ3) is 1.87. The second-order valence-electron chi connectivity index (χ2n) is 6.17. The minimum Gasteiger partial charge on any atom is -0.497 e. The molecule has 5 nitrogen and oxygen atoms in total. The van der Waals surface area contributed by atoms with E-state index in [1.807, 2.05) is 45.1 Å². The number of carbonyl (C=O) groups is 1. The van der Waals surface area contributed by atoms with Gasteiger partial charge in [-0.2, -0.15) is 10.5 Å². The molecular weight excluding hydrogens is 290 g/mol. The van der Waals surface area contributed by atoms with E-state index in [0.717, 1.165) is 16.8 Å². The molecule has 1 aromatic rings. The Labute approximate surface area is 134 Å². The van der Waals surface area contributed by atoms with Crippen molar-refractivity contribution in [2.45, 2.75) is 26.3 Å². The highest BCUT2D eigenvalue weighted by Gasteiger charge is 2.46. The molecule has 0 N–H and O–H groups in total. The van der Waals surface area contributed by atoms with E-state index in [1.165, 1.54) is 0 Å². The van der Waals surface area contributed by atoms with Crippen molar-refractivity contribution < 1.29 is 9.53 Å². The number of anilines is 1. The molecule has 1 aromatic carbocycles. The van der Waals surface area contributed by atoms with Gasteiger partial charge in [-0.15, -0.1) is 0 Å². The van der Waals surface area contributed by atoms with Crippen molar-refractivity contribution in [2.24, 2.45) is 0 Å². The summed E-state index contributed by atoms with van der Waals surface area (Å²) in [6, 6.07) is 7.27. The van der Waals surface area contributed by atoms with Crippen LogP contribution in [0.1, 0.15) is 31.9 Å². The summed E-state index contributed by atoms with van der Waals surface area (Å²) >= 11 is 0. The molecule has 2 aliphatic rings. The van der Waals surface area contributed by atoms with Crippen LogP contribution in [0.4, 0.5) is 5.69 Å². The quantitative estimate of drug-likeness (QED) is 0.590. The highest BCUT2D eigenvalue weighted by atomic mass is 16.5. The summed E-state index contributed by atoms with van der Waals surface area (Å²) in [5.74, 6) is 0.273. The Morgan fingerprint density at radius 2 is 1.83 bits per heavy atom. The number of methoxy groups -OCH3 is 1. The Morgan fingerprint density at radius 3 is 2.39 bits per heavy atom. The highest BCUT2D eigenvalue weighted by Crippen LogP contribution is 2.51. The van der Waals surface area contributed by atoms with Gasteiger partial charge in [-0.3, -0.25) is 9.69 Å². The van der Waals surface area contributed by atoms with Crippen LogP contribution < -0.4 is 9.64 Å². The van der Waals surface area contributed by atoms with Gasteiger partial charge in [-0.1, -0.05) is 6.08 Å². The number of hydrogen-bond donors (Lipinski definition) is 0. The number of rotatable bonds is 1. The predicted molar refractivity (Wildman–Crippen MR) is 86.4 cm³/mol. The minimum atomic E-state index is -0.532. The number of carbonyl (C=O) groups excluding carboxylic acids is 1. The van der Waals surface area contributed by atoms with E-state index in [4.69, 9.17) is 4.74 Å². The van der Waals surface area contributed by atoms with Crippen molar-refractivity contribution in [3.05, 3.63) is 34.9 Å². The van der Waals surface area contributed by atoms with Crippen LogP contribution in [-0.4, -0.2) is 18.6 Å². The zero-order chi connectivity index (χ0) is 16.9. The van der Waals surface area contributed by atoms with Crippen molar-refractivity contribution in [3.8, 4) is 17.9 Å². The maximum absolute atomic E-state index is 13.0. The molecule has 0 radical (unpaired) electrons. The maximum Gasteiger partial charge on any atom is 0.261 e. The van der Waals surface area contributed by atoms with Crippen LogP contribution >= 0.6 is 0 Å². The summed E-state index contributed by atoms with van der Waals surface area (Å²) in [6.07, 6.45) is 2.01. The third-order valence-corrected chi connectivity index (χ3v) is 4.27. The number of nitrogens with zero attached hydrogens (tertiary/aromatic N) is 3. The number of nitriles is 2. The molecule has 0 spiro atoms. The van der Waals surface area contributed by atoms with Gasteiger partial charge in [0.25, 0.3) is 5.91 Å². The summed E-state index contributed by atoms with van der Waals surface area (Å²) in [4.78, 5) is 14.6. The number of ether oxygens (including phenoxy) is 1. The van der Waals surface area contributed by atoms with Gasteiger partial charge >= 0.3 is 0 Å². The average Bonchev–Trinajstić information content (AvgIpc) is 2.80. The fourth-order valence-corrected chi connectivity index (χ4v) is 3.39. The number of allylic oxidation sites excluding steroid dienone is 2. The predicted octanol–water partition coefficient (Wildman–Crippen LogP) is 3.04. The maximum atomic E-state index is 13.0. The van der Waals surface area contributed by atoms with Gasteiger partial charge in [0.05, 0.1) is 23.9 Å². The molecule has 3 rings (SSSR count). The summed E-state index contributed by atoms with van der Waals surface area (Å²) in [5.41, 5.74) is 2.70. The largest absolute Gasteiger partial charge is 0.497 e. The van der Waals surface area contributed by atoms with Crippen LogP contribution in [-0.2, 0) is 4.79 Å². The topological polar surface area (TPSA) is 77.1 Å². The molecule has 0 bridgehead atoms. The molecule has 114 valence electrons. The molecule has 5 heteroatoms.